The summed E-state index contributed by atoms with van der Waals surface area (Å²) in [5, 5.41) is 16.0. The highest BCUT2D eigenvalue weighted by atomic mass is 19.1. The number of nitrogens with one attached hydrogen (secondary N) is 2. The first-order chi connectivity index (χ1) is 11.5. The van der Waals surface area contributed by atoms with Crippen LogP contribution in [0, 0.1) is 18.6 Å². The Balaban J connectivity index is 1.72. The van der Waals surface area contributed by atoms with E-state index in [2.05, 4.69) is 26.0 Å². The fraction of sp³-hybridized carbons (Fsp3) is 0.0667. The maximum absolute atomic E-state index is 13.6. The van der Waals surface area contributed by atoms with Gasteiger partial charge < -0.3 is 15.2 Å². The molecule has 1 aromatic carbocycles. The first-order valence-corrected chi connectivity index (χ1v) is 6.82. The molecule has 0 aliphatic carbocycles. The number of amides is 1. The minimum atomic E-state index is -0.764. The molecule has 0 fully saturated rings. The van der Waals surface area contributed by atoms with E-state index in [9.17, 15) is 13.6 Å². The van der Waals surface area contributed by atoms with Crippen LogP contribution in [0.15, 0.2) is 40.9 Å². The molecule has 2 heterocycles. The molecule has 2 N–H and O–H groups in total. The summed E-state index contributed by atoms with van der Waals surface area (Å²) in [5.41, 5.74) is -0.336. The molecule has 0 unspecified atom stereocenters. The van der Waals surface area contributed by atoms with Crippen molar-refractivity contribution in [2.75, 3.05) is 10.6 Å². The Labute approximate surface area is 134 Å². The fourth-order valence-corrected chi connectivity index (χ4v) is 1.87. The van der Waals surface area contributed by atoms with Gasteiger partial charge in [-0.05, 0) is 31.2 Å². The number of carbonyl (C=O) groups excluding carboxylic acids is 1. The lowest BCUT2D eigenvalue weighted by molar-refractivity contribution is 0.102. The van der Waals surface area contributed by atoms with Crippen molar-refractivity contribution in [2.24, 2.45) is 0 Å². The molecular weight excluding hydrogens is 320 g/mol. The van der Waals surface area contributed by atoms with Crippen LogP contribution in [0.3, 0.4) is 0 Å². The number of hydrogen-bond acceptors (Lipinski definition) is 6. The third kappa shape index (κ3) is 3.35. The average molecular weight is 331 g/mol. The first-order valence-electron chi connectivity index (χ1n) is 6.82. The summed E-state index contributed by atoms with van der Waals surface area (Å²) in [6.45, 7) is 1.69. The number of para-hydroxylation sites is 1. The van der Waals surface area contributed by atoms with E-state index in [0.717, 1.165) is 12.1 Å². The molecule has 9 heteroatoms. The lowest BCUT2D eigenvalue weighted by Gasteiger charge is -2.07. The number of rotatable bonds is 4. The van der Waals surface area contributed by atoms with E-state index < -0.39 is 17.5 Å². The topological polar surface area (TPSA) is 92.9 Å². The van der Waals surface area contributed by atoms with E-state index in [4.69, 9.17) is 4.52 Å². The highest BCUT2D eigenvalue weighted by molar-refractivity contribution is 6.02. The first kappa shape index (κ1) is 15.5. The van der Waals surface area contributed by atoms with E-state index in [0.29, 0.717) is 5.76 Å². The average Bonchev–Trinajstić information content (AvgIpc) is 2.96. The van der Waals surface area contributed by atoms with Gasteiger partial charge in [0, 0.05) is 6.07 Å². The predicted octanol–water partition coefficient (Wildman–Crippen LogP) is 3.05. The maximum Gasteiger partial charge on any atom is 0.277 e. The van der Waals surface area contributed by atoms with Gasteiger partial charge in [-0.2, -0.15) is 0 Å². The van der Waals surface area contributed by atoms with Crippen LogP contribution in [-0.2, 0) is 0 Å². The lowest BCUT2D eigenvalue weighted by Crippen LogP contribution is -2.14. The Bertz CT molecular complexity index is 860. The van der Waals surface area contributed by atoms with Crippen LogP contribution < -0.4 is 10.6 Å². The molecule has 0 atom stereocenters. The second-order valence-corrected chi connectivity index (χ2v) is 4.80. The Morgan fingerprint density at radius 1 is 1.08 bits per heavy atom. The molecule has 2 aromatic heterocycles. The zero-order chi connectivity index (χ0) is 17.1. The Kier molecular flexibility index (Phi) is 4.15. The third-order valence-corrected chi connectivity index (χ3v) is 2.98. The maximum atomic E-state index is 13.6. The molecule has 0 radical (unpaired) electrons. The lowest BCUT2D eigenvalue weighted by atomic mass is 10.3. The van der Waals surface area contributed by atoms with Gasteiger partial charge in [-0.25, -0.2) is 8.78 Å². The van der Waals surface area contributed by atoms with E-state index in [1.165, 1.54) is 18.2 Å². The second kappa shape index (κ2) is 6.41. The molecular formula is C15H11F2N5O2. The van der Waals surface area contributed by atoms with Crippen LogP contribution in [0.1, 0.15) is 16.2 Å². The van der Waals surface area contributed by atoms with Gasteiger partial charge in [0.15, 0.2) is 17.3 Å². The smallest absolute Gasteiger partial charge is 0.277 e. The van der Waals surface area contributed by atoms with Gasteiger partial charge in [0.2, 0.25) is 0 Å². The quantitative estimate of drug-likeness (QED) is 0.763. The van der Waals surface area contributed by atoms with Gasteiger partial charge >= 0.3 is 0 Å². The van der Waals surface area contributed by atoms with Crippen LogP contribution in [0.2, 0.25) is 0 Å². The summed E-state index contributed by atoms with van der Waals surface area (Å²) in [4.78, 5) is 12.0. The molecule has 0 saturated carbocycles. The zero-order valence-corrected chi connectivity index (χ0v) is 12.4. The van der Waals surface area contributed by atoms with Crippen molar-refractivity contribution in [2.45, 2.75) is 6.92 Å². The number of nitrogens with zero attached hydrogens (tertiary/aromatic N) is 3. The number of anilines is 3. The van der Waals surface area contributed by atoms with E-state index in [1.807, 2.05) is 0 Å². The normalized spacial score (nSPS) is 10.5. The summed E-state index contributed by atoms with van der Waals surface area (Å²) < 4.78 is 31.9. The molecule has 0 spiro atoms. The number of benzene rings is 1. The Morgan fingerprint density at radius 3 is 2.42 bits per heavy atom. The molecule has 24 heavy (non-hydrogen) atoms. The summed E-state index contributed by atoms with van der Waals surface area (Å²) in [5.74, 6) is -1.19. The molecule has 0 saturated heterocycles. The molecule has 1 amide bonds. The summed E-state index contributed by atoms with van der Waals surface area (Å²) in [6, 6.07) is 7.75. The van der Waals surface area contributed by atoms with Gasteiger partial charge in [-0.1, -0.05) is 11.2 Å². The van der Waals surface area contributed by atoms with Crippen molar-refractivity contribution < 1.29 is 18.1 Å². The monoisotopic (exact) mass is 331 g/mol. The van der Waals surface area contributed by atoms with Gasteiger partial charge in [0.25, 0.3) is 5.91 Å². The fourth-order valence-electron chi connectivity index (χ4n) is 1.87. The van der Waals surface area contributed by atoms with Crippen LogP contribution in [-0.4, -0.2) is 21.3 Å². The number of aromatic nitrogens is 3. The number of hydrogen-bond donors (Lipinski definition) is 2. The van der Waals surface area contributed by atoms with Crippen molar-refractivity contribution in [1.29, 1.82) is 0 Å². The Morgan fingerprint density at radius 2 is 1.83 bits per heavy atom. The molecule has 0 aliphatic heterocycles. The molecule has 0 bridgehead atoms. The largest absolute Gasteiger partial charge is 0.360 e. The Hall–Kier alpha value is -3.36. The summed E-state index contributed by atoms with van der Waals surface area (Å²) >= 11 is 0. The van der Waals surface area contributed by atoms with Crippen molar-refractivity contribution >= 4 is 23.2 Å². The van der Waals surface area contributed by atoms with Gasteiger partial charge in [0.1, 0.15) is 23.1 Å². The highest BCUT2D eigenvalue weighted by Crippen LogP contribution is 2.21. The van der Waals surface area contributed by atoms with E-state index >= 15 is 0 Å². The standard InChI is InChI=1S/C15H11F2N5O2/c1-8-7-13(22-24-8)19-15(23)11-5-6-12(21-20-11)18-14-9(16)3-2-4-10(14)17/h2-7H,1H3,(H,18,21)(H,19,22,23). The predicted molar refractivity (Wildman–Crippen MR) is 80.9 cm³/mol. The van der Waals surface area contributed by atoms with Gasteiger partial charge in [0.05, 0.1) is 0 Å². The van der Waals surface area contributed by atoms with Crippen LogP contribution >= 0.6 is 0 Å². The second-order valence-electron chi connectivity index (χ2n) is 4.80. The number of carbonyl (C=O) groups is 1. The molecule has 0 aliphatic rings. The van der Waals surface area contributed by atoms with Gasteiger partial charge in [-0.3, -0.25) is 4.79 Å². The van der Waals surface area contributed by atoms with E-state index in [1.54, 1.807) is 13.0 Å². The minimum absolute atomic E-state index is 0.00945. The third-order valence-electron chi connectivity index (χ3n) is 2.98. The van der Waals surface area contributed by atoms with Crippen LogP contribution in [0.5, 0.6) is 0 Å². The van der Waals surface area contributed by atoms with Crippen molar-refractivity contribution in [3.63, 3.8) is 0 Å². The van der Waals surface area contributed by atoms with Crippen LogP contribution in [0.25, 0.3) is 0 Å². The van der Waals surface area contributed by atoms with Crippen molar-refractivity contribution in [1.82, 2.24) is 15.4 Å². The minimum Gasteiger partial charge on any atom is -0.360 e. The SMILES string of the molecule is Cc1cc(NC(=O)c2ccc(Nc3c(F)cccc3F)nn2)no1. The van der Waals surface area contributed by atoms with E-state index in [-0.39, 0.29) is 23.0 Å². The van der Waals surface area contributed by atoms with Crippen molar-refractivity contribution in [3.8, 4) is 0 Å². The highest BCUT2D eigenvalue weighted by Gasteiger charge is 2.13. The summed E-state index contributed by atoms with van der Waals surface area (Å²) in [7, 11) is 0. The number of aryl methyl sites for hydroxylation is 1. The van der Waals surface area contributed by atoms with Crippen LogP contribution in [0.4, 0.5) is 26.1 Å². The molecule has 7 nitrogen and oxygen atoms in total. The van der Waals surface area contributed by atoms with Gasteiger partial charge in [-0.15, -0.1) is 10.2 Å². The molecule has 3 aromatic rings. The zero-order valence-electron chi connectivity index (χ0n) is 12.4. The molecule has 122 valence electrons. The summed E-state index contributed by atoms with van der Waals surface area (Å²) in [6.07, 6.45) is 0. The van der Waals surface area contributed by atoms with Crippen molar-refractivity contribution in [3.05, 3.63) is 59.5 Å². The number of halogens is 2. The molecule has 3 rings (SSSR count).